The van der Waals surface area contributed by atoms with Gasteiger partial charge in [0.25, 0.3) is 11.5 Å². The molecule has 1 spiro atoms. The SMILES string of the molecule is Cc1c(C2CCC(=O)NC2=O)ccc(N2CCC3(CCN(C(=O)c4ccc([C@H]5C[C@@H](Nc6cnn(C)c(=O)c6Cl)CN(C)C5)cc4)CC3)CC2)c1F. The monoisotopic (exact) mass is 731 g/mol. The lowest BCUT2D eigenvalue weighted by atomic mass is 9.71. The standard InChI is InChI=1S/C39H47ClFN7O4/c1-24-29(30-9-11-33(49)44-36(30)50)8-10-32(35(24)41)47-16-12-39(13-17-47)14-18-48(19-15-39)37(51)26-6-4-25(5-7-26)27-20-28(23-45(2)22-27)43-31-21-42-46(3)38(52)34(31)40/h4-8,10,21,27-28,30,43H,9,11-20,22-23H2,1-3H3,(H,44,49,50)/t27-,28+,30?/m0/s1. The number of rotatable bonds is 6. The molecule has 4 fully saturated rings. The van der Waals surface area contributed by atoms with Crippen molar-refractivity contribution in [1.29, 1.82) is 0 Å². The molecule has 4 aliphatic rings. The summed E-state index contributed by atoms with van der Waals surface area (Å²) in [5.74, 6) is -1.13. The van der Waals surface area contributed by atoms with Crippen LogP contribution in [0, 0.1) is 18.2 Å². The first-order chi connectivity index (χ1) is 24.9. The molecule has 4 aliphatic heterocycles. The second-order valence-corrected chi connectivity index (χ2v) is 15.7. The Morgan fingerprint density at radius 2 is 1.67 bits per heavy atom. The van der Waals surface area contributed by atoms with E-state index in [2.05, 4.69) is 44.7 Å². The van der Waals surface area contributed by atoms with E-state index in [1.54, 1.807) is 26.2 Å². The quantitative estimate of drug-likeness (QED) is 0.347. The van der Waals surface area contributed by atoms with E-state index in [-0.39, 0.29) is 57.9 Å². The van der Waals surface area contributed by atoms with Crippen molar-refractivity contribution >= 4 is 40.7 Å². The maximum Gasteiger partial charge on any atom is 0.287 e. The lowest BCUT2D eigenvalue weighted by molar-refractivity contribution is -0.134. The fourth-order valence-corrected chi connectivity index (χ4v) is 9.01. The molecule has 11 nitrogen and oxygen atoms in total. The molecule has 2 aromatic carbocycles. The first-order valence-electron chi connectivity index (χ1n) is 18.3. The summed E-state index contributed by atoms with van der Waals surface area (Å²) >= 11 is 6.32. The van der Waals surface area contributed by atoms with E-state index in [0.29, 0.717) is 47.6 Å². The molecule has 13 heteroatoms. The Morgan fingerprint density at radius 1 is 0.981 bits per heavy atom. The number of piperidine rings is 4. The van der Waals surface area contributed by atoms with Gasteiger partial charge >= 0.3 is 0 Å². The number of likely N-dealkylation sites (N-methyl/N-ethyl adjacent to an activating group) is 1. The van der Waals surface area contributed by atoms with Gasteiger partial charge in [-0.3, -0.25) is 24.5 Å². The zero-order valence-corrected chi connectivity index (χ0v) is 30.8. The Balaban J connectivity index is 0.923. The molecular weight excluding hydrogens is 685 g/mol. The van der Waals surface area contributed by atoms with Gasteiger partial charge in [0, 0.05) is 64.3 Å². The number of likely N-dealkylation sites (tertiary alicyclic amines) is 2. The summed E-state index contributed by atoms with van der Waals surface area (Å²) in [5, 5.41) is 10.1. The third kappa shape index (κ3) is 7.19. The number of aryl methyl sites for hydroxylation is 1. The van der Waals surface area contributed by atoms with Crippen molar-refractivity contribution in [1.82, 2.24) is 24.9 Å². The van der Waals surface area contributed by atoms with Crippen LogP contribution in [0.2, 0.25) is 5.02 Å². The van der Waals surface area contributed by atoms with Crippen LogP contribution in [0.3, 0.4) is 0 Å². The van der Waals surface area contributed by atoms with Crippen LogP contribution < -0.4 is 21.1 Å². The number of aromatic nitrogens is 2. The molecule has 3 atom stereocenters. The second kappa shape index (κ2) is 14.6. The number of benzene rings is 2. The van der Waals surface area contributed by atoms with E-state index in [1.165, 1.54) is 10.2 Å². The van der Waals surface area contributed by atoms with Gasteiger partial charge in [0.15, 0.2) is 0 Å². The van der Waals surface area contributed by atoms with Crippen LogP contribution in [-0.2, 0) is 16.6 Å². The minimum atomic E-state index is -0.510. The molecule has 0 radical (unpaired) electrons. The highest BCUT2D eigenvalue weighted by molar-refractivity contribution is 6.32. The maximum absolute atomic E-state index is 15.7. The van der Waals surface area contributed by atoms with Crippen LogP contribution >= 0.6 is 11.6 Å². The second-order valence-electron chi connectivity index (χ2n) is 15.3. The van der Waals surface area contributed by atoms with Crippen LogP contribution in [0.1, 0.15) is 83.8 Å². The van der Waals surface area contributed by atoms with Crippen molar-refractivity contribution < 1.29 is 18.8 Å². The maximum atomic E-state index is 15.7. The molecule has 276 valence electrons. The molecule has 0 saturated carbocycles. The zero-order chi connectivity index (χ0) is 36.7. The van der Waals surface area contributed by atoms with E-state index >= 15 is 4.39 Å². The highest BCUT2D eigenvalue weighted by Gasteiger charge is 2.40. The molecular formula is C39H47ClFN7O4. The van der Waals surface area contributed by atoms with Crippen LogP contribution in [0.25, 0.3) is 0 Å². The molecule has 0 aliphatic carbocycles. The molecule has 3 amide bonds. The number of nitrogens with zero attached hydrogens (tertiary/aromatic N) is 5. The number of halogens is 2. The molecule has 3 aromatic rings. The van der Waals surface area contributed by atoms with E-state index in [0.717, 1.165) is 58.3 Å². The van der Waals surface area contributed by atoms with Crippen LogP contribution in [-0.4, -0.2) is 89.7 Å². The number of amides is 3. The highest BCUT2D eigenvalue weighted by atomic mass is 35.5. The van der Waals surface area contributed by atoms with Crippen molar-refractivity contribution in [2.45, 2.75) is 69.7 Å². The molecule has 2 N–H and O–H groups in total. The fourth-order valence-electron chi connectivity index (χ4n) is 8.78. The number of carbonyl (C=O) groups is 3. The number of nitrogens with one attached hydrogen (secondary N) is 2. The topological polar surface area (TPSA) is 120 Å². The van der Waals surface area contributed by atoms with Gasteiger partial charge in [-0.2, -0.15) is 5.10 Å². The third-order valence-electron chi connectivity index (χ3n) is 12.0. The van der Waals surface area contributed by atoms with Gasteiger partial charge in [-0.15, -0.1) is 0 Å². The van der Waals surface area contributed by atoms with Gasteiger partial charge < -0.3 is 20.0 Å². The highest BCUT2D eigenvalue weighted by Crippen LogP contribution is 2.43. The molecule has 1 unspecified atom stereocenters. The predicted molar refractivity (Wildman–Crippen MR) is 198 cm³/mol. The summed E-state index contributed by atoms with van der Waals surface area (Å²) in [6, 6.07) is 11.7. The lowest BCUT2D eigenvalue weighted by Gasteiger charge is -2.47. The Labute approximate surface area is 308 Å². The van der Waals surface area contributed by atoms with Crippen LogP contribution in [0.15, 0.2) is 47.4 Å². The molecule has 4 saturated heterocycles. The summed E-state index contributed by atoms with van der Waals surface area (Å²) < 4.78 is 16.9. The number of hydrogen-bond acceptors (Lipinski definition) is 8. The largest absolute Gasteiger partial charge is 0.378 e. The van der Waals surface area contributed by atoms with Crippen molar-refractivity contribution in [3.63, 3.8) is 0 Å². The van der Waals surface area contributed by atoms with Gasteiger partial charge in [-0.25, -0.2) is 9.07 Å². The smallest absolute Gasteiger partial charge is 0.287 e. The van der Waals surface area contributed by atoms with Gasteiger partial charge in [0.1, 0.15) is 10.8 Å². The first-order valence-corrected chi connectivity index (χ1v) is 18.7. The van der Waals surface area contributed by atoms with Gasteiger partial charge in [0.2, 0.25) is 11.8 Å². The van der Waals surface area contributed by atoms with Gasteiger partial charge in [0.05, 0.1) is 23.5 Å². The molecule has 52 heavy (non-hydrogen) atoms. The summed E-state index contributed by atoms with van der Waals surface area (Å²) in [6.07, 6.45) is 6.83. The molecule has 7 rings (SSSR count). The molecule has 0 bridgehead atoms. The Morgan fingerprint density at radius 3 is 2.37 bits per heavy atom. The summed E-state index contributed by atoms with van der Waals surface area (Å²) in [6.45, 7) is 6.31. The number of carbonyl (C=O) groups excluding carboxylic acids is 3. The average Bonchev–Trinajstić information content (AvgIpc) is 3.14. The Bertz CT molecular complexity index is 1920. The number of hydrogen-bond donors (Lipinski definition) is 2. The zero-order valence-electron chi connectivity index (χ0n) is 30.1. The van der Waals surface area contributed by atoms with E-state index in [9.17, 15) is 19.2 Å². The predicted octanol–water partition coefficient (Wildman–Crippen LogP) is 4.82. The normalized spacial score (nSPS) is 23.8. The minimum absolute atomic E-state index is 0.0561. The average molecular weight is 732 g/mol. The van der Waals surface area contributed by atoms with Gasteiger partial charge in [-0.05, 0) is 98.7 Å². The minimum Gasteiger partial charge on any atom is -0.378 e. The van der Waals surface area contributed by atoms with Crippen molar-refractivity contribution in [2.75, 3.05) is 56.5 Å². The van der Waals surface area contributed by atoms with Gasteiger partial charge in [-0.1, -0.05) is 29.8 Å². The van der Waals surface area contributed by atoms with E-state index in [4.69, 9.17) is 11.6 Å². The fraction of sp³-hybridized carbons (Fsp3) is 0.513. The first kappa shape index (κ1) is 36.1. The van der Waals surface area contributed by atoms with Crippen molar-refractivity contribution in [3.8, 4) is 0 Å². The van der Waals surface area contributed by atoms with Crippen molar-refractivity contribution in [2.24, 2.45) is 12.5 Å². The molecule has 1 aromatic heterocycles. The van der Waals surface area contributed by atoms with Crippen molar-refractivity contribution in [3.05, 3.63) is 86.0 Å². The third-order valence-corrected chi connectivity index (χ3v) is 12.4. The van der Waals surface area contributed by atoms with Crippen LogP contribution in [0.5, 0.6) is 0 Å². The summed E-state index contributed by atoms with van der Waals surface area (Å²) in [7, 11) is 3.65. The summed E-state index contributed by atoms with van der Waals surface area (Å²) in [5.41, 5.74) is 3.90. The molecule has 5 heterocycles. The Hall–Kier alpha value is -4.29. The van der Waals surface area contributed by atoms with Crippen LogP contribution in [0.4, 0.5) is 15.8 Å². The Kier molecular flexibility index (Phi) is 10.1. The number of anilines is 2. The van der Waals surface area contributed by atoms with E-state index in [1.807, 2.05) is 23.1 Å². The lowest BCUT2D eigenvalue weighted by Crippen LogP contribution is -2.48. The number of imide groups is 1. The van der Waals surface area contributed by atoms with E-state index < -0.39 is 5.92 Å². The summed E-state index contributed by atoms with van der Waals surface area (Å²) in [4.78, 5) is 56.2.